The zero-order valence-corrected chi connectivity index (χ0v) is 26.2. The van der Waals surface area contributed by atoms with E-state index < -0.39 is 11.9 Å². The van der Waals surface area contributed by atoms with Crippen molar-refractivity contribution in [1.29, 1.82) is 0 Å². The average Bonchev–Trinajstić information content (AvgIpc) is 3.03. The Morgan fingerprint density at radius 3 is 1.84 bits per heavy atom. The predicted octanol–water partition coefficient (Wildman–Crippen LogP) is 9.90. The molecular formula is C36H38ClN3O4. The summed E-state index contributed by atoms with van der Waals surface area (Å²) in [7, 11) is 0. The first-order valence-electron chi connectivity index (χ1n) is 15.0. The number of nitrogens with zero attached hydrogens (tertiary/aromatic N) is 3. The lowest BCUT2D eigenvalue weighted by Gasteiger charge is -2.23. The van der Waals surface area contributed by atoms with Gasteiger partial charge in [0.25, 0.3) is 0 Å². The van der Waals surface area contributed by atoms with Crippen molar-refractivity contribution in [2.24, 2.45) is 10.2 Å². The van der Waals surface area contributed by atoms with Gasteiger partial charge in [-0.3, -0.25) is 4.90 Å². The van der Waals surface area contributed by atoms with Crippen molar-refractivity contribution in [2.75, 3.05) is 13.1 Å². The van der Waals surface area contributed by atoms with Crippen LogP contribution < -0.4 is 9.47 Å². The lowest BCUT2D eigenvalue weighted by molar-refractivity contribution is 0.0725. The quantitative estimate of drug-likeness (QED) is 0.0805. The van der Waals surface area contributed by atoms with Crippen molar-refractivity contribution in [2.45, 2.75) is 53.0 Å². The Morgan fingerprint density at radius 1 is 0.705 bits per heavy atom. The lowest BCUT2D eigenvalue weighted by atomic mass is 10.1. The lowest BCUT2D eigenvalue weighted by Crippen LogP contribution is -2.25. The van der Waals surface area contributed by atoms with Gasteiger partial charge in [-0.1, -0.05) is 56.0 Å². The molecule has 0 aliphatic carbocycles. The fraction of sp³-hybridized carbons (Fsp3) is 0.278. The molecule has 0 N–H and O–H groups in total. The molecule has 0 aliphatic rings. The van der Waals surface area contributed by atoms with Crippen molar-refractivity contribution in [3.05, 3.63) is 118 Å². The number of unbranched alkanes of at least 4 members (excludes halogenated alkanes) is 2. The van der Waals surface area contributed by atoms with Gasteiger partial charge in [0.2, 0.25) is 0 Å². The molecule has 0 saturated heterocycles. The summed E-state index contributed by atoms with van der Waals surface area (Å²) in [6.45, 7) is 8.91. The first-order valence-corrected chi connectivity index (χ1v) is 15.4. The van der Waals surface area contributed by atoms with Crippen LogP contribution in [0.2, 0.25) is 5.02 Å². The van der Waals surface area contributed by atoms with Crippen LogP contribution in [0.4, 0.5) is 11.4 Å². The van der Waals surface area contributed by atoms with Crippen LogP contribution in [0.25, 0.3) is 0 Å². The zero-order valence-electron chi connectivity index (χ0n) is 25.5. The average molecular weight is 612 g/mol. The molecule has 7 nitrogen and oxygen atoms in total. The summed E-state index contributed by atoms with van der Waals surface area (Å²) in [6.07, 6.45) is 4.38. The van der Waals surface area contributed by atoms with Gasteiger partial charge in [0.1, 0.15) is 11.5 Å². The molecule has 0 unspecified atom stereocenters. The maximum atomic E-state index is 12.8. The number of halogens is 1. The minimum absolute atomic E-state index is 0.417. The number of hydrogen-bond acceptors (Lipinski definition) is 7. The van der Waals surface area contributed by atoms with Gasteiger partial charge in [0.15, 0.2) is 0 Å². The van der Waals surface area contributed by atoms with Crippen LogP contribution in [-0.4, -0.2) is 29.9 Å². The summed E-state index contributed by atoms with van der Waals surface area (Å²) in [5.74, 6) is -0.0234. The van der Waals surface area contributed by atoms with Crippen LogP contribution in [0.15, 0.2) is 101 Å². The number of carbonyl (C=O) groups excluding carboxylic acids is 2. The highest BCUT2D eigenvalue weighted by Gasteiger charge is 2.14. The minimum atomic E-state index is -0.459. The number of benzene rings is 4. The normalized spacial score (nSPS) is 11.2. The fourth-order valence-electron chi connectivity index (χ4n) is 4.42. The number of esters is 2. The van der Waals surface area contributed by atoms with E-state index in [1.807, 2.05) is 31.2 Å². The van der Waals surface area contributed by atoms with E-state index in [1.165, 1.54) is 0 Å². The van der Waals surface area contributed by atoms with Gasteiger partial charge in [-0.15, -0.1) is 0 Å². The van der Waals surface area contributed by atoms with Crippen LogP contribution in [-0.2, 0) is 6.54 Å². The Hall–Kier alpha value is -4.33. The highest BCUT2D eigenvalue weighted by Crippen LogP contribution is 2.29. The Labute approximate surface area is 264 Å². The van der Waals surface area contributed by atoms with Crippen molar-refractivity contribution < 1.29 is 19.1 Å². The third-order valence-electron chi connectivity index (χ3n) is 7.00. The largest absolute Gasteiger partial charge is 0.423 e. The second kappa shape index (κ2) is 16.5. The van der Waals surface area contributed by atoms with Crippen LogP contribution in [0.3, 0.4) is 0 Å². The minimum Gasteiger partial charge on any atom is -0.423 e. The van der Waals surface area contributed by atoms with Gasteiger partial charge in [0, 0.05) is 11.6 Å². The molecule has 4 aromatic rings. The summed E-state index contributed by atoms with van der Waals surface area (Å²) >= 11 is 5.97. The first kappa shape index (κ1) is 32.6. The highest BCUT2D eigenvalue weighted by atomic mass is 35.5. The van der Waals surface area contributed by atoms with E-state index in [4.69, 9.17) is 21.1 Å². The first-order chi connectivity index (χ1) is 21.3. The molecule has 0 atom stereocenters. The molecule has 4 aromatic carbocycles. The van der Waals surface area contributed by atoms with Crippen LogP contribution in [0.5, 0.6) is 11.5 Å². The Kier molecular flexibility index (Phi) is 12.2. The molecule has 0 saturated carbocycles. The van der Waals surface area contributed by atoms with E-state index in [-0.39, 0.29) is 0 Å². The molecule has 0 amide bonds. The van der Waals surface area contributed by atoms with Crippen molar-refractivity contribution in [3.63, 3.8) is 0 Å². The Bertz CT molecular complexity index is 1540. The summed E-state index contributed by atoms with van der Waals surface area (Å²) in [5, 5.41) is 9.56. The SMILES string of the molecule is CCCCN(CCCC)Cc1cc(OC(=O)c2ccc(Cl)cc2)ccc1N=Nc1ccc(OC(=O)c2ccc(C)cc2)cc1. The van der Waals surface area contributed by atoms with Gasteiger partial charge in [-0.2, -0.15) is 10.2 Å². The number of azo groups is 1. The summed E-state index contributed by atoms with van der Waals surface area (Å²) in [4.78, 5) is 27.6. The van der Waals surface area contributed by atoms with E-state index in [0.29, 0.717) is 45.6 Å². The molecule has 0 aromatic heterocycles. The fourth-order valence-corrected chi connectivity index (χ4v) is 4.55. The molecule has 0 heterocycles. The third-order valence-corrected chi connectivity index (χ3v) is 7.25. The van der Waals surface area contributed by atoms with Crippen LogP contribution in [0, 0.1) is 6.92 Å². The topological polar surface area (TPSA) is 80.6 Å². The van der Waals surface area contributed by atoms with E-state index in [0.717, 1.165) is 49.9 Å². The molecule has 44 heavy (non-hydrogen) atoms. The van der Waals surface area contributed by atoms with Gasteiger partial charge in [-0.25, -0.2) is 9.59 Å². The van der Waals surface area contributed by atoms with Crippen molar-refractivity contribution in [1.82, 2.24) is 4.90 Å². The maximum absolute atomic E-state index is 12.8. The number of hydrogen-bond donors (Lipinski definition) is 0. The molecule has 8 heteroatoms. The molecule has 0 aliphatic heterocycles. The number of ether oxygens (including phenoxy) is 2. The molecule has 0 radical (unpaired) electrons. The predicted molar refractivity (Wildman–Crippen MR) is 175 cm³/mol. The smallest absolute Gasteiger partial charge is 0.343 e. The van der Waals surface area contributed by atoms with Gasteiger partial charge in [-0.05, 0) is 117 Å². The summed E-state index contributed by atoms with van der Waals surface area (Å²) in [6, 6.07) is 26.1. The number of rotatable bonds is 14. The second-order valence-corrected chi connectivity index (χ2v) is 11.1. The van der Waals surface area contributed by atoms with Gasteiger partial charge >= 0.3 is 11.9 Å². The van der Waals surface area contributed by atoms with Gasteiger partial charge in [0.05, 0.1) is 22.5 Å². The standard InChI is InChI=1S/C36H38ClN3O4/c1-4-6-22-40(23-7-5-2)25-29-24-33(44-36(42)28-12-14-30(37)15-13-28)20-21-34(29)39-38-31-16-18-32(19-17-31)43-35(41)27-10-8-26(3)9-11-27/h8-21,24H,4-7,22-23,25H2,1-3H3. The second-order valence-electron chi connectivity index (χ2n) is 10.6. The molecule has 4 rings (SSSR count). The number of aryl methyl sites for hydroxylation is 1. The van der Waals surface area contributed by atoms with Crippen LogP contribution >= 0.6 is 11.6 Å². The van der Waals surface area contributed by atoms with Gasteiger partial charge < -0.3 is 9.47 Å². The summed E-state index contributed by atoms with van der Waals surface area (Å²) < 4.78 is 11.2. The Morgan fingerprint density at radius 2 is 1.25 bits per heavy atom. The molecule has 228 valence electrons. The van der Waals surface area contributed by atoms with E-state index in [9.17, 15) is 9.59 Å². The number of carbonyl (C=O) groups is 2. The third kappa shape index (κ3) is 9.86. The maximum Gasteiger partial charge on any atom is 0.343 e. The Balaban J connectivity index is 1.52. The van der Waals surface area contributed by atoms with E-state index >= 15 is 0 Å². The van der Waals surface area contributed by atoms with E-state index in [2.05, 4.69) is 29.0 Å². The molecule has 0 bridgehead atoms. The van der Waals surface area contributed by atoms with Crippen molar-refractivity contribution >= 4 is 34.9 Å². The molecule has 0 spiro atoms. The monoisotopic (exact) mass is 611 g/mol. The summed E-state index contributed by atoms with van der Waals surface area (Å²) in [5.41, 5.74) is 4.18. The van der Waals surface area contributed by atoms with Crippen LogP contribution in [0.1, 0.15) is 71.4 Å². The van der Waals surface area contributed by atoms with Crippen molar-refractivity contribution in [3.8, 4) is 11.5 Å². The van der Waals surface area contributed by atoms with E-state index in [1.54, 1.807) is 66.7 Å². The zero-order chi connectivity index (χ0) is 31.3. The highest BCUT2D eigenvalue weighted by molar-refractivity contribution is 6.30. The molecular weight excluding hydrogens is 574 g/mol. The molecule has 0 fully saturated rings.